The number of rotatable bonds is 12. The fraction of sp³-hybridized carbons (Fsp3) is 0.400. The Bertz CT molecular complexity index is 921. The number of amides is 2. The van der Waals surface area contributed by atoms with Gasteiger partial charge in [0.15, 0.2) is 0 Å². The zero-order valence-corrected chi connectivity index (χ0v) is 19.7. The molecule has 0 unspecified atom stereocenters. The number of hydrogen-bond acceptors (Lipinski definition) is 6. The van der Waals surface area contributed by atoms with E-state index in [2.05, 4.69) is 20.1 Å². The minimum absolute atomic E-state index is 0.0345. The molecule has 10 heteroatoms. The van der Waals surface area contributed by atoms with Gasteiger partial charge < -0.3 is 25.8 Å². The fourth-order valence-electron chi connectivity index (χ4n) is 3.62. The van der Waals surface area contributed by atoms with Gasteiger partial charge in [0.05, 0.1) is 13.7 Å². The minimum Gasteiger partial charge on any atom is -0.465 e. The molecule has 190 valence electrons. The van der Waals surface area contributed by atoms with E-state index in [0.717, 1.165) is 18.2 Å². The molecule has 0 aliphatic carbocycles. The molecule has 4 N–H and O–H groups in total. The van der Waals surface area contributed by atoms with E-state index in [4.69, 9.17) is 5.73 Å². The van der Waals surface area contributed by atoms with Gasteiger partial charge in [-0.1, -0.05) is 60.7 Å². The average Bonchev–Trinajstić information content (AvgIpc) is 2.84. The molecule has 8 nitrogen and oxygen atoms in total. The second-order valence-corrected chi connectivity index (χ2v) is 7.87. The number of nitrogens with one attached hydrogen (secondary N) is 2. The zero-order chi connectivity index (χ0) is 25.8. The molecule has 0 fully saturated rings. The first-order chi connectivity index (χ1) is 16.7. The van der Waals surface area contributed by atoms with Gasteiger partial charge in [0, 0.05) is 25.3 Å². The lowest BCUT2D eigenvalue weighted by Gasteiger charge is -2.28. The topological polar surface area (TPSA) is 120 Å². The Morgan fingerprint density at radius 3 is 2.03 bits per heavy atom. The van der Waals surface area contributed by atoms with Crippen LogP contribution in [-0.4, -0.2) is 56.2 Å². The summed E-state index contributed by atoms with van der Waals surface area (Å²) in [6, 6.07) is 15.4. The van der Waals surface area contributed by atoms with Crippen molar-refractivity contribution < 1.29 is 32.6 Å². The summed E-state index contributed by atoms with van der Waals surface area (Å²) >= 11 is 0. The van der Waals surface area contributed by atoms with Gasteiger partial charge in [-0.15, -0.1) is 0 Å². The van der Waals surface area contributed by atoms with Crippen molar-refractivity contribution in [2.45, 2.75) is 43.7 Å². The summed E-state index contributed by atoms with van der Waals surface area (Å²) in [4.78, 5) is 36.8. The molecular weight excluding hydrogens is 460 g/mol. The number of halogens is 2. The largest absolute Gasteiger partial charge is 0.465 e. The fourth-order valence-corrected chi connectivity index (χ4v) is 3.62. The van der Waals surface area contributed by atoms with Crippen LogP contribution in [0.5, 0.6) is 0 Å². The molecule has 0 aliphatic rings. The first-order valence-electron chi connectivity index (χ1n) is 11.2. The van der Waals surface area contributed by atoms with Gasteiger partial charge in [-0.05, 0) is 18.1 Å². The third-order valence-corrected chi connectivity index (χ3v) is 5.29. The van der Waals surface area contributed by atoms with Crippen LogP contribution in [0.2, 0.25) is 0 Å². The highest BCUT2D eigenvalue weighted by atomic mass is 19.3. The van der Waals surface area contributed by atoms with Crippen molar-refractivity contribution >= 4 is 18.0 Å². The lowest BCUT2D eigenvalue weighted by molar-refractivity contribution is -0.147. The lowest BCUT2D eigenvalue weighted by atomic mass is 9.84. The number of esters is 1. The summed E-state index contributed by atoms with van der Waals surface area (Å²) in [5, 5.41) is 5.00. The number of alkyl halides is 2. The van der Waals surface area contributed by atoms with Crippen LogP contribution in [-0.2, 0) is 19.1 Å². The van der Waals surface area contributed by atoms with Crippen molar-refractivity contribution in [1.82, 2.24) is 10.6 Å². The number of methoxy groups -OCH3 is 1. The molecule has 2 aromatic carbocycles. The molecule has 2 rings (SSSR count). The molecule has 0 radical (unpaired) electrons. The summed E-state index contributed by atoms with van der Waals surface area (Å²) in [5.74, 6) is -5.51. The number of nitrogens with two attached hydrogens (primary N) is 1. The van der Waals surface area contributed by atoms with Gasteiger partial charge in [-0.25, -0.2) is 13.6 Å². The van der Waals surface area contributed by atoms with E-state index in [0.29, 0.717) is 0 Å². The van der Waals surface area contributed by atoms with Crippen LogP contribution in [0.3, 0.4) is 0 Å². The highest BCUT2D eigenvalue weighted by Gasteiger charge is 2.36. The molecule has 0 heterocycles. The number of carbonyl (C=O) groups is 3. The Morgan fingerprint density at radius 2 is 1.54 bits per heavy atom. The third-order valence-electron chi connectivity index (χ3n) is 5.29. The SMILES string of the molecule is CCOC(=O)[C@@H](N)CC(F)(F)CCNC(=O)[C@@H](NC(=O)OC)C(c1ccccc1)c1ccccc1. The van der Waals surface area contributed by atoms with Gasteiger partial charge in [-0.3, -0.25) is 9.59 Å². The molecule has 0 spiro atoms. The van der Waals surface area contributed by atoms with Gasteiger partial charge in [-0.2, -0.15) is 0 Å². The normalized spacial score (nSPS) is 13.0. The molecule has 0 saturated carbocycles. The monoisotopic (exact) mass is 491 g/mol. The molecule has 0 aliphatic heterocycles. The third kappa shape index (κ3) is 8.64. The van der Waals surface area contributed by atoms with Crippen LogP contribution in [0.15, 0.2) is 60.7 Å². The molecular formula is C25H31F2N3O5. The van der Waals surface area contributed by atoms with E-state index in [1.54, 1.807) is 31.2 Å². The standard InChI is InChI=1S/C25H31F2N3O5/c1-3-35-23(32)19(28)16-25(26,27)14-15-29-22(31)21(30-24(33)34-2)20(17-10-6-4-7-11-17)18-12-8-5-9-13-18/h4-13,19-21H,3,14-16,28H2,1-2H3,(H,29,31)(H,30,33)/t19-,21-/m0/s1. The number of carbonyl (C=O) groups excluding carboxylic acids is 3. The van der Waals surface area contributed by atoms with E-state index in [1.807, 2.05) is 36.4 Å². The van der Waals surface area contributed by atoms with Crippen LogP contribution in [0.4, 0.5) is 13.6 Å². The Hall–Kier alpha value is -3.53. The van der Waals surface area contributed by atoms with Crippen LogP contribution in [0, 0.1) is 0 Å². The predicted octanol–water partition coefficient (Wildman–Crippen LogP) is 2.97. The number of alkyl carbamates (subject to hydrolysis) is 1. The van der Waals surface area contributed by atoms with Crippen LogP contribution in [0.25, 0.3) is 0 Å². The van der Waals surface area contributed by atoms with E-state index in [1.165, 1.54) is 0 Å². The maximum absolute atomic E-state index is 14.4. The molecule has 2 atom stereocenters. The molecule has 2 amide bonds. The van der Waals surface area contributed by atoms with Crippen molar-refractivity contribution in [3.8, 4) is 0 Å². The van der Waals surface area contributed by atoms with Crippen LogP contribution in [0.1, 0.15) is 36.8 Å². The van der Waals surface area contributed by atoms with Crippen LogP contribution < -0.4 is 16.4 Å². The summed E-state index contributed by atoms with van der Waals surface area (Å²) in [7, 11) is 1.16. The van der Waals surface area contributed by atoms with Gasteiger partial charge in [0.2, 0.25) is 5.91 Å². The van der Waals surface area contributed by atoms with Crippen molar-refractivity contribution in [3.63, 3.8) is 0 Å². The highest BCUT2D eigenvalue weighted by molar-refractivity contribution is 5.87. The van der Waals surface area contributed by atoms with Crippen LogP contribution >= 0.6 is 0 Å². The lowest BCUT2D eigenvalue weighted by Crippen LogP contribution is -2.51. The maximum atomic E-state index is 14.4. The van der Waals surface area contributed by atoms with Crippen molar-refractivity contribution in [1.29, 1.82) is 0 Å². The molecule has 0 saturated heterocycles. The Kier molecular flexibility index (Phi) is 10.6. The number of hydrogen-bond donors (Lipinski definition) is 3. The first-order valence-corrected chi connectivity index (χ1v) is 11.2. The van der Waals surface area contributed by atoms with E-state index >= 15 is 0 Å². The van der Waals surface area contributed by atoms with Crippen molar-refractivity contribution in [2.75, 3.05) is 20.3 Å². The smallest absolute Gasteiger partial charge is 0.407 e. The molecule has 0 aromatic heterocycles. The second-order valence-electron chi connectivity index (χ2n) is 7.87. The number of ether oxygens (including phenoxy) is 2. The Labute approximate surface area is 203 Å². The van der Waals surface area contributed by atoms with E-state index < -0.39 is 61.3 Å². The Balaban J connectivity index is 2.18. The molecule has 0 bridgehead atoms. The predicted molar refractivity (Wildman–Crippen MR) is 126 cm³/mol. The number of benzene rings is 2. The Morgan fingerprint density at radius 1 is 1.00 bits per heavy atom. The van der Waals surface area contributed by atoms with Gasteiger partial charge in [0.25, 0.3) is 5.92 Å². The minimum atomic E-state index is -3.32. The van der Waals surface area contributed by atoms with Gasteiger partial charge >= 0.3 is 12.1 Å². The average molecular weight is 492 g/mol. The maximum Gasteiger partial charge on any atom is 0.407 e. The quantitative estimate of drug-likeness (QED) is 0.393. The van der Waals surface area contributed by atoms with Crippen molar-refractivity contribution in [3.05, 3.63) is 71.8 Å². The summed E-state index contributed by atoms with van der Waals surface area (Å²) in [6.45, 7) is 1.18. The molecule has 35 heavy (non-hydrogen) atoms. The second kappa shape index (κ2) is 13.4. The van der Waals surface area contributed by atoms with Gasteiger partial charge in [0.1, 0.15) is 12.1 Å². The first kappa shape index (κ1) is 27.7. The zero-order valence-electron chi connectivity index (χ0n) is 19.7. The molecule has 2 aromatic rings. The van der Waals surface area contributed by atoms with Crippen molar-refractivity contribution in [2.24, 2.45) is 5.73 Å². The summed E-state index contributed by atoms with van der Waals surface area (Å²) < 4.78 is 38.1. The van der Waals surface area contributed by atoms with E-state index in [-0.39, 0.29) is 6.61 Å². The highest BCUT2D eigenvalue weighted by Crippen LogP contribution is 2.29. The summed E-state index contributed by atoms with van der Waals surface area (Å²) in [6.07, 6.45) is -2.51. The van der Waals surface area contributed by atoms with E-state index in [9.17, 15) is 23.2 Å². The summed E-state index contributed by atoms with van der Waals surface area (Å²) in [5.41, 5.74) is 6.98.